The number of ether oxygens (including phenoxy) is 2. The van der Waals surface area contributed by atoms with Gasteiger partial charge in [-0.25, -0.2) is 9.97 Å². The minimum Gasteiger partial charge on any atom is -0.457 e. The Balaban J connectivity index is 1.83. The third-order valence-corrected chi connectivity index (χ3v) is 2.96. The highest BCUT2D eigenvalue weighted by Gasteiger charge is 2.05. The maximum atomic E-state index is 9.01. The summed E-state index contributed by atoms with van der Waals surface area (Å²) < 4.78 is 11.3. The molecule has 3 aromatic rings. The summed E-state index contributed by atoms with van der Waals surface area (Å²) >= 11 is 0. The number of nitriles is 2. The first-order valence-electron chi connectivity index (χ1n) is 6.95. The van der Waals surface area contributed by atoms with E-state index in [1.807, 2.05) is 12.1 Å². The maximum absolute atomic E-state index is 9.01. The summed E-state index contributed by atoms with van der Waals surface area (Å²) in [6, 6.07) is 17.5. The molecule has 0 aliphatic carbocycles. The molecule has 0 saturated carbocycles. The lowest BCUT2D eigenvalue weighted by Gasteiger charge is -2.08. The number of benzene rings is 2. The molecule has 3 rings (SSSR count). The van der Waals surface area contributed by atoms with Crippen molar-refractivity contribution >= 4 is 0 Å². The molecule has 0 radical (unpaired) electrons. The summed E-state index contributed by atoms with van der Waals surface area (Å²) in [6.45, 7) is 0. The number of rotatable bonds is 4. The third-order valence-electron chi connectivity index (χ3n) is 2.96. The van der Waals surface area contributed by atoms with Gasteiger partial charge in [-0.15, -0.1) is 0 Å². The van der Waals surface area contributed by atoms with Crippen molar-refractivity contribution < 1.29 is 9.47 Å². The fraction of sp³-hybridized carbons (Fsp3) is 0. The topological polar surface area (TPSA) is 91.8 Å². The molecule has 0 aliphatic rings. The highest BCUT2D eigenvalue weighted by molar-refractivity contribution is 5.47. The molecule has 6 heteroatoms. The van der Waals surface area contributed by atoms with Gasteiger partial charge in [0, 0.05) is 18.5 Å². The van der Waals surface area contributed by atoms with Gasteiger partial charge < -0.3 is 9.47 Å². The first-order chi connectivity index (χ1) is 11.8. The smallest absolute Gasteiger partial charge is 0.321 e. The zero-order valence-corrected chi connectivity index (χ0v) is 12.4. The second kappa shape index (κ2) is 6.91. The highest BCUT2D eigenvalue weighted by atomic mass is 16.5. The summed E-state index contributed by atoms with van der Waals surface area (Å²) in [5.41, 5.74) is 0.711. The van der Waals surface area contributed by atoms with E-state index in [0.29, 0.717) is 28.4 Å². The largest absolute Gasteiger partial charge is 0.457 e. The second-order valence-electron chi connectivity index (χ2n) is 4.68. The van der Waals surface area contributed by atoms with Crippen molar-refractivity contribution in [3.05, 3.63) is 72.1 Å². The van der Waals surface area contributed by atoms with Crippen molar-refractivity contribution in [1.29, 1.82) is 10.5 Å². The predicted octanol–water partition coefficient (Wildman–Crippen LogP) is 3.80. The van der Waals surface area contributed by atoms with E-state index in [2.05, 4.69) is 9.97 Å². The lowest BCUT2D eigenvalue weighted by molar-refractivity contribution is 0.433. The van der Waals surface area contributed by atoms with Crippen LogP contribution in [-0.4, -0.2) is 9.97 Å². The number of aromatic nitrogens is 2. The molecule has 0 fully saturated rings. The molecule has 1 aromatic heterocycles. The average Bonchev–Trinajstić information content (AvgIpc) is 2.62. The van der Waals surface area contributed by atoms with Crippen LogP contribution >= 0.6 is 0 Å². The van der Waals surface area contributed by atoms with Gasteiger partial charge in [-0.05, 0) is 36.4 Å². The van der Waals surface area contributed by atoms with E-state index >= 15 is 0 Å². The van der Waals surface area contributed by atoms with Gasteiger partial charge in [-0.3, -0.25) is 0 Å². The zero-order valence-electron chi connectivity index (χ0n) is 12.4. The van der Waals surface area contributed by atoms with E-state index in [-0.39, 0.29) is 6.01 Å². The van der Waals surface area contributed by atoms with Crippen LogP contribution in [0, 0.1) is 22.7 Å². The van der Waals surface area contributed by atoms with E-state index in [4.69, 9.17) is 20.0 Å². The molecule has 0 saturated heterocycles. The number of nitrogens with zero attached hydrogens (tertiary/aromatic N) is 4. The molecule has 114 valence electrons. The SMILES string of the molecule is N#Cc1cc(C#N)cc(Oc2cccc(Oc3ncccn3)c2)c1. The van der Waals surface area contributed by atoms with Crippen LogP contribution in [0.25, 0.3) is 0 Å². The molecule has 6 nitrogen and oxygen atoms in total. The van der Waals surface area contributed by atoms with Crippen molar-refractivity contribution in [3.8, 4) is 35.4 Å². The fourth-order valence-electron chi connectivity index (χ4n) is 1.97. The molecule has 2 aromatic carbocycles. The zero-order chi connectivity index (χ0) is 16.8. The molecule has 0 aliphatic heterocycles. The van der Waals surface area contributed by atoms with E-state index in [0.717, 1.165) is 0 Å². The summed E-state index contributed by atoms with van der Waals surface area (Å²) in [6.07, 6.45) is 3.17. The quantitative estimate of drug-likeness (QED) is 0.727. The van der Waals surface area contributed by atoms with Crippen LogP contribution in [0.3, 0.4) is 0 Å². The van der Waals surface area contributed by atoms with Crippen molar-refractivity contribution in [2.24, 2.45) is 0 Å². The molecule has 0 unspecified atom stereocenters. The van der Waals surface area contributed by atoms with E-state index < -0.39 is 0 Å². The molecular formula is C18H10N4O2. The lowest BCUT2D eigenvalue weighted by Crippen LogP contribution is -1.91. The molecule has 0 amide bonds. The van der Waals surface area contributed by atoms with Crippen LogP contribution in [0.5, 0.6) is 23.3 Å². The van der Waals surface area contributed by atoms with Crippen LogP contribution in [0.4, 0.5) is 0 Å². The third kappa shape index (κ3) is 3.65. The maximum Gasteiger partial charge on any atom is 0.321 e. The standard InChI is InChI=1S/C18H10N4O2/c19-11-13-7-14(12-20)9-17(8-13)23-15-3-1-4-16(10-15)24-18-21-5-2-6-22-18/h1-10H. The normalized spacial score (nSPS) is 9.58. The van der Waals surface area contributed by atoms with Gasteiger partial charge in [-0.2, -0.15) is 10.5 Å². The number of hydrogen-bond donors (Lipinski definition) is 0. The molecular weight excluding hydrogens is 304 g/mol. The van der Waals surface area contributed by atoms with E-state index in [9.17, 15) is 0 Å². The Morgan fingerprint density at radius 2 is 1.33 bits per heavy atom. The Kier molecular flexibility index (Phi) is 4.32. The van der Waals surface area contributed by atoms with Crippen LogP contribution in [0.1, 0.15) is 11.1 Å². The second-order valence-corrected chi connectivity index (χ2v) is 4.68. The predicted molar refractivity (Wildman–Crippen MR) is 84.5 cm³/mol. The molecule has 24 heavy (non-hydrogen) atoms. The summed E-state index contributed by atoms with van der Waals surface area (Å²) in [5, 5.41) is 18.0. The van der Waals surface area contributed by atoms with Crippen LogP contribution in [0.2, 0.25) is 0 Å². The Labute approximate surface area is 138 Å². The van der Waals surface area contributed by atoms with Crippen LogP contribution in [-0.2, 0) is 0 Å². The van der Waals surface area contributed by atoms with Gasteiger partial charge >= 0.3 is 6.01 Å². The Bertz CT molecular complexity index is 911. The molecule has 0 bridgehead atoms. The van der Waals surface area contributed by atoms with Crippen molar-refractivity contribution in [1.82, 2.24) is 9.97 Å². The van der Waals surface area contributed by atoms with Gasteiger partial charge in [-0.1, -0.05) is 6.07 Å². The monoisotopic (exact) mass is 314 g/mol. The van der Waals surface area contributed by atoms with Crippen molar-refractivity contribution in [2.75, 3.05) is 0 Å². The molecule has 0 spiro atoms. The lowest BCUT2D eigenvalue weighted by atomic mass is 10.1. The van der Waals surface area contributed by atoms with Gasteiger partial charge in [0.2, 0.25) is 0 Å². The van der Waals surface area contributed by atoms with Crippen molar-refractivity contribution in [3.63, 3.8) is 0 Å². The van der Waals surface area contributed by atoms with Crippen LogP contribution in [0.15, 0.2) is 60.9 Å². The minimum atomic E-state index is 0.230. The minimum absolute atomic E-state index is 0.230. The number of hydrogen-bond acceptors (Lipinski definition) is 6. The molecule has 0 atom stereocenters. The van der Waals surface area contributed by atoms with Gasteiger partial charge in [0.25, 0.3) is 0 Å². The summed E-state index contributed by atoms with van der Waals surface area (Å²) in [7, 11) is 0. The van der Waals surface area contributed by atoms with Gasteiger partial charge in [0.15, 0.2) is 0 Å². The van der Waals surface area contributed by atoms with Gasteiger partial charge in [0.05, 0.1) is 23.3 Å². The average molecular weight is 314 g/mol. The van der Waals surface area contributed by atoms with Crippen molar-refractivity contribution in [2.45, 2.75) is 0 Å². The molecule has 1 heterocycles. The Morgan fingerprint density at radius 3 is 1.96 bits per heavy atom. The van der Waals surface area contributed by atoms with E-state index in [1.54, 1.807) is 54.9 Å². The van der Waals surface area contributed by atoms with Crippen LogP contribution < -0.4 is 9.47 Å². The highest BCUT2D eigenvalue weighted by Crippen LogP contribution is 2.28. The fourth-order valence-corrected chi connectivity index (χ4v) is 1.97. The van der Waals surface area contributed by atoms with E-state index in [1.165, 1.54) is 6.07 Å². The Hall–Kier alpha value is -3.90. The summed E-state index contributed by atoms with van der Waals surface area (Å²) in [5.74, 6) is 1.41. The molecule has 0 N–H and O–H groups in total. The first-order valence-corrected chi connectivity index (χ1v) is 6.95. The van der Waals surface area contributed by atoms with Gasteiger partial charge in [0.1, 0.15) is 17.2 Å². The summed E-state index contributed by atoms with van der Waals surface area (Å²) in [4.78, 5) is 7.97. The first kappa shape index (κ1) is 15.0. The Morgan fingerprint density at radius 1 is 0.708 bits per heavy atom.